The summed E-state index contributed by atoms with van der Waals surface area (Å²) >= 11 is 0. The molecular formula is C14H16N2O. The van der Waals surface area contributed by atoms with Crippen molar-refractivity contribution in [2.75, 3.05) is 0 Å². The first-order valence-corrected chi connectivity index (χ1v) is 5.63. The average molecular weight is 228 g/mol. The fourth-order valence-corrected chi connectivity index (χ4v) is 1.82. The van der Waals surface area contributed by atoms with Gasteiger partial charge >= 0.3 is 0 Å². The molecule has 0 saturated heterocycles. The van der Waals surface area contributed by atoms with E-state index in [1.165, 1.54) is 11.1 Å². The van der Waals surface area contributed by atoms with E-state index in [9.17, 15) is 4.79 Å². The van der Waals surface area contributed by atoms with E-state index < -0.39 is 0 Å². The topological polar surface area (TPSA) is 34.9 Å². The summed E-state index contributed by atoms with van der Waals surface area (Å²) < 4.78 is 1.75. The molecule has 0 spiro atoms. The number of hydrogen-bond donors (Lipinski definition) is 0. The lowest BCUT2D eigenvalue weighted by Crippen LogP contribution is -2.08. The predicted octanol–water partition coefficient (Wildman–Crippen LogP) is 2.46. The first kappa shape index (κ1) is 11.6. The first-order chi connectivity index (χ1) is 8.08. The molecule has 17 heavy (non-hydrogen) atoms. The Labute approximate surface area is 101 Å². The monoisotopic (exact) mass is 228 g/mol. The van der Waals surface area contributed by atoms with E-state index in [0.717, 1.165) is 5.56 Å². The third-order valence-electron chi connectivity index (χ3n) is 3.04. The molecule has 0 radical (unpaired) electrons. The summed E-state index contributed by atoms with van der Waals surface area (Å²) in [5.41, 5.74) is 4.18. The van der Waals surface area contributed by atoms with Crippen LogP contribution in [0.5, 0.6) is 0 Å². The fourth-order valence-electron chi connectivity index (χ4n) is 1.82. The highest BCUT2D eigenvalue weighted by Crippen LogP contribution is 2.12. The Balaban J connectivity index is 2.19. The van der Waals surface area contributed by atoms with E-state index in [0.29, 0.717) is 12.1 Å². The van der Waals surface area contributed by atoms with Gasteiger partial charge in [-0.3, -0.25) is 4.79 Å². The lowest BCUT2D eigenvalue weighted by Gasteiger charge is -2.05. The second-order valence-electron chi connectivity index (χ2n) is 4.41. The maximum absolute atomic E-state index is 12.0. The van der Waals surface area contributed by atoms with Crippen LogP contribution in [-0.4, -0.2) is 15.3 Å². The number of carbonyl (C=O) groups excluding carboxylic acids is 1. The zero-order chi connectivity index (χ0) is 12.4. The number of hydrogen-bond acceptors (Lipinski definition) is 2. The molecule has 2 rings (SSSR count). The molecule has 0 aliphatic heterocycles. The summed E-state index contributed by atoms with van der Waals surface area (Å²) in [6, 6.07) is 6.14. The van der Waals surface area contributed by atoms with E-state index in [2.05, 4.69) is 31.0 Å². The van der Waals surface area contributed by atoms with Crippen LogP contribution in [0.4, 0.5) is 0 Å². The minimum absolute atomic E-state index is 0.105. The van der Waals surface area contributed by atoms with Crippen LogP contribution in [0.1, 0.15) is 27.2 Å². The molecular weight excluding hydrogens is 212 g/mol. The number of ketones is 1. The van der Waals surface area contributed by atoms with Gasteiger partial charge in [-0.05, 0) is 30.5 Å². The zero-order valence-electron chi connectivity index (χ0n) is 10.4. The van der Waals surface area contributed by atoms with Crippen LogP contribution >= 0.6 is 0 Å². The summed E-state index contributed by atoms with van der Waals surface area (Å²) in [4.78, 5) is 16.0. The number of carbonyl (C=O) groups is 1. The Hall–Kier alpha value is -1.90. The number of benzene rings is 1. The van der Waals surface area contributed by atoms with Gasteiger partial charge in [-0.1, -0.05) is 18.2 Å². The minimum Gasteiger partial charge on any atom is -0.331 e. The molecule has 2 aromatic rings. The lowest BCUT2D eigenvalue weighted by atomic mass is 10.0. The molecule has 3 nitrogen and oxygen atoms in total. The van der Waals surface area contributed by atoms with Gasteiger partial charge < -0.3 is 4.57 Å². The Morgan fingerprint density at radius 3 is 2.65 bits per heavy atom. The molecule has 0 bridgehead atoms. The van der Waals surface area contributed by atoms with Crippen molar-refractivity contribution in [1.82, 2.24) is 9.55 Å². The standard InChI is InChI=1S/C14H16N2O/c1-10-4-5-12(6-11(10)2)7-14(17)13-8-15-9-16(13)3/h4-6,8-9H,7H2,1-3H3. The Morgan fingerprint density at radius 1 is 1.29 bits per heavy atom. The van der Waals surface area contributed by atoms with Crippen LogP contribution in [-0.2, 0) is 13.5 Å². The maximum Gasteiger partial charge on any atom is 0.185 e. The molecule has 0 aliphatic rings. The number of imidazole rings is 1. The second kappa shape index (κ2) is 4.53. The van der Waals surface area contributed by atoms with E-state index >= 15 is 0 Å². The largest absolute Gasteiger partial charge is 0.331 e. The predicted molar refractivity (Wildman–Crippen MR) is 67.2 cm³/mol. The highest BCUT2D eigenvalue weighted by molar-refractivity contribution is 5.95. The molecule has 0 amide bonds. The SMILES string of the molecule is Cc1ccc(CC(=O)c2cncn2C)cc1C. The molecule has 0 aliphatic carbocycles. The molecule has 1 aromatic carbocycles. The minimum atomic E-state index is 0.105. The van der Waals surface area contributed by atoms with Crippen molar-refractivity contribution in [3.05, 3.63) is 53.1 Å². The van der Waals surface area contributed by atoms with Crippen molar-refractivity contribution in [3.63, 3.8) is 0 Å². The Kier molecular flexibility index (Phi) is 3.09. The van der Waals surface area contributed by atoms with Crippen LogP contribution in [0.15, 0.2) is 30.7 Å². The van der Waals surface area contributed by atoms with Crippen LogP contribution < -0.4 is 0 Å². The second-order valence-corrected chi connectivity index (χ2v) is 4.41. The van der Waals surface area contributed by atoms with E-state index in [4.69, 9.17) is 0 Å². The van der Waals surface area contributed by atoms with Gasteiger partial charge in [-0.15, -0.1) is 0 Å². The highest BCUT2D eigenvalue weighted by atomic mass is 16.1. The van der Waals surface area contributed by atoms with E-state index in [-0.39, 0.29) is 5.78 Å². The maximum atomic E-state index is 12.0. The van der Waals surface area contributed by atoms with Crippen LogP contribution in [0, 0.1) is 13.8 Å². The summed E-state index contributed by atoms with van der Waals surface area (Å²) in [5, 5.41) is 0. The van der Waals surface area contributed by atoms with Crippen molar-refractivity contribution in [1.29, 1.82) is 0 Å². The summed E-state index contributed by atoms with van der Waals surface area (Å²) in [7, 11) is 1.83. The first-order valence-electron chi connectivity index (χ1n) is 5.63. The molecule has 0 unspecified atom stereocenters. The van der Waals surface area contributed by atoms with E-state index in [1.54, 1.807) is 17.1 Å². The molecule has 0 saturated carbocycles. The van der Waals surface area contributed by atoms with Gasteiger partial charge in [0.15, 0.2) is 5.78 Å². The van der Waals surface area contributed by atoms with Crippen molar-refractivity contribution in [2.45, 2.75) is 20.3 Å². The smallest absolute Gasteiger partial charge is 0.185 e. The van der Waals surface area contributed by atoms with Gasteiger partial charge in [0.25, 0.3) is 0 Å². The Morgan fingerprint density at radius 2 is 2.06 bits per heavy atom. The van der Waals surface area contributed by atoms with Gasteiger partial charge in [0.2, 0.25) is 0 Å². The number of Topliss-reactive ketones (excluding diaryl/α,β-unsaturated/α-hetero) is 1. The molecule has 0 fully saturated rings. The third kappa shape index (κ3) is 2.44. The third-order valence-corrected chi connectivity index (χ3v) is 3.04. The van der Waals surface area contributed by atoms with Gasteiger partial charge in [0.1, 0.15) is 5.69 Å². The number of aromatic nitrogens is 2. The number of rotatable bonds is 3. The summed E-state index contributed by atoms with van der Waals surface area (Å²) in [6.07, 6.45) is 3.69. The van der Waals surface area contributed by atoms with Gasteiger partial charge in [-0.25, -0.2) is 4.98 Å². The number of nitrogens with zero attached hydrogens (tertiary/aromatic N) is 2. The Bertz CT molecular complexity index is 555. The number of aryl methyl sites for hydroxylation is 3. The zero-order valence-corrected chi connectivity index (χ0v) is 10.4. The summed E-state index contributed by atoms with van der Waals surface area (Å²) in [6.45, 7) is 4.13. The lowest BCUT2D eigenvalue weighted by molar-refractivity contribution is 0.0985. The van der Waals surface area contributed by atoms with Gasteiger partial charge in [0, 0.05) is 13.5 Å². The van der Waals surface area contributed by atoms with Crippen molar-refractivity contribution >= 4 is 5.78 Å². The van der Waals surface area contributed by atoms with Crippen LogP contribution in [0.25, 0.3) is 0 Å². The van der Waals surface area contributed by atoms with Gasteiger partial charge in [-0.2, -0.15) is 0 Å². The highest BCUT2D eigenvalue weighted by Gasteiger charge is 2.10. The quantitative estimate of drug-likeness (QED) is 0.756. The molecule has 1 heterocycles. The molecule has 0 atom stereocenters. The summed E-state index contributed by atoms with van der Waals surface area (Å²) in [5.74, 6) is 0.105. The van der Waals surface area contributed by atoms with Crippen molar-refractivity contribution in [3.8, 4) is 0 Å². The molecule has 1 aromatic heterocycles. The molecule has 0 N–H and O–H groups in total. The van der Waals surface area contributed by atoms with Crippen molar-refractivity contribution < 1.29 is 4.79 Å². The van der Waals surface area contributed by atoms with E-state index in [1.807, 2.05) is 13.1 Å². The normalized spacial score (nSPS) is 10.5. The molecule has 88 valence electrons. The van der Waals surface area contributed by atoms with Crippen molar-refractivity contribution in [2.24, 2.45) is 7.05 Å². The fraction of sp³-hybridized carbons (Fsp3) is 0.286. The van der Waals surface area contributed by atoms with Crippen LogP contribution in [0.3, 0.4) is 0 Å². The van der Waals surface area contributed by atoms with Gasteiger partial charge in [0.05, 0.1) is 12.5 Å². The average Bonchev–Trinajstić information content (AvgIpc) is 2.70. The molecule has 3 heteroatoms. The van der Waals surface area contributed by atoms with Crippen LogP contribution in [0.2, 0.25) is 0 Å².